The van der Waals surface area contributed by atoms with Crippen molar-refractivity contribution in [3.05, 3.63) is 33.3 Å². The highest BCUT2D eigenvalue weighted by atomic mass is 32.2. The fourth-order valence-corrected chi connectivity index (χ4v) is 6.62. The highest BCUT2D eigenvalue weighted by molar-refractivity contribution is 7.89. The van der Waals surface area contributed by atoms with Gasteiger partial charge >= 0.3 is 0 Å². The lowest BCUT2D eigenvalue weighted by Gasteiger charge is -2.39. The molecule has 2 unspecified atom stereocenters. The molecule has 10 heteroatoms. The number of amides is 1. The Morgan fingerprint density at radius 3 is 2.59 bits per heavy atom. The van der Waals surface area contributed by atoms with Crippen molar-refractivity contribution in [1.82, 2.24) is 9.21 Å². The van der Waals surface area contributed by atoms with Crippen molar-refractivity contribution in [3.63, 3.8) is 0 Å². The summed E-state index contributed by atoms with van der Waals surface area (Å²) in [7, 11) is 0.0589. The first-order valence-electron chi connectivity index (χ1n) is 11.0. The smallest absolute Gasteiger partial charge is 0.260 e. The predicted octanol–water partition coefficient (Wildman–Crippen LogP) is 3.22. The van der Waals surface area contributed by atoms with Crippen molar-refractivity contribution in [1.29, 1.82) is 0 Å². The van der Waals surface area contributed by atoms with Gasteiger partial charge in [-0.1, -0.05) is 27.7 Å². The molecule has 0 aliphatic carbocycles. The number of nitrogens with zero attached hydrogens (tertiary/aromatic N) is 4. The Morgan fingerprint density at radius 2 is 2.06 bits per heavy atom. The Bertz CT molecular complexity index is 973. The zero-order valence-electron chi connectivity index (χ0n) is 20.1. The molecule has 1 aliphatic rings. The number of carbonyl (C=O) groups excluding carboxylic acids is 1. The molecule has 1 amide bonds. The molecule has 2 heterocycles. The van der Waals surface area contributed by atoms with Gasteiger partial charge in [0.25, 0.3) is 5.91 Å². The van der Waals surface area contributed by atoms with Gasteiger partial charge in [0.2, 0.25) is 10.1 Å². The average Bonchev–Trinajstić information content (AvgIpc) is 3.11. The Kier molecular flexibility index (Phi) is 9.44. The van der Waals surface area contributed by atoms with Crippen LogP contribution in [0.5, 0.6) is 0 Å². The number of rotatable bonds is 8. The van der Waals surface area contributed by atoms with Gasteiger partial charge in [0.05, 0.1) is 18.2 Å². The molecule has 32 heavy (non-hydrogen) atoms. The number of nitrogens with two attached hydrogens (primary N) is 2. The van der Waals surface area contributed by atoms with Crippen LogP contribution in [0.25, 0.3) is 0 Å². The Labute approximate surface area is 197 Å². The van der Waals surface area contributed by atoms with Crippen LogP contribution in [0.3, 0.4) is 0 Å². The first kappa shape index (κ1) is 26.5. The zero-order valence-corrected chi connectivity index (χ0v) is 21.7. The fraction of sp³-hybridized carbons (Fsp3) is 0.636. The van der Waals surface area contributed by atoms with Crippen LogP contribution < -0.4 is 10.9 Å². The second kappa shape index (κ2) is 11.4. The third-order valence-electron chi connectivity index (χ3n) is 5.43. The monoisotopic (exact) mass is 482 g/mol. The fourth-order valence-electron chi connectivity index (χ4n) is 3.97. The van der Waals surface area contributed by atoms with Gasteiger partial charge < -0.3 is 10.6 Å². The lowest BCUT2D eigenvalue weighted by atomic mass is 10.0. The van der Waals surface area contributed by atoms with E-state index in [4.69, 9.17) is 10.9 Å². The summed E-state index contributed by atoms with van der Waals surface area (Å²) in [5.41, 5.74) is 7.16. The lowest BCUT2D eigenvalue weighted by molar-refractivity contribution is -0.117. The van der Waals surface area contributed by atoms with E-state index in [1.807, 2.05) is 7.05 Å². The van der Waals surface area contributed by atoms with E-state index in [0.717, 1.165) is 29.8 Å². The van der Waals surface area contributed by atoms with Crippen molar-refractivity contribution >= 4 is 33.6 Å². The van der Waals surface area contributed by atoms with Gasteiger partial charge in [0, 0.05) is 35.8 Å². The number of aliphatic imine (C=N–C) groups is 1. The van der Waals surface area contributed by atoms with Crippen molar-refractivity contribution in [2.45, 2.75) is 64.8 Å². The summed E-state index contributed by atoms with van der Waals surface area (Å²) in [4.78, 5) is 21.5. The van der Waals surface area contributed by atoms with Crippen molar-refractivity contribution in [2.24, 2.45) is 20.2 Å². The van der Waals surface area contributed by atoms with Crippen LogP contribution in [0.1, 0.15) is 67.7 Å². The normalized spacial score (nSPS) is 20.2. The van der Waals surface area contributed by atoms with Gasteiger partial charge in [-0.05, 0) is 49.9 Å². The minimum absolute atomic E-state index is 0.0763. The average molecular weight is 483 g/mol. The van der Waals surface area contributed by atoms with Gasteiger partial charge in [-0.3, -0.25) is 14.1 Å². The highest BCUT2D eigenvalue weighted by Gasteiger charge is 2.31. The SMILES string of the molecule is CN=CC(=CN)N(C1CCCN(C)C1)S(N)(=O)=NC(=O)Cc1cc(C(C)C)sc1C(C)C. The van der Waals surface area contributed by atoms with Gasteiger partial charge in [0.15, 0.2) is 0 Å². The van der Waals surface area contributed by atoms with E-state index < -0.39 is 16.0 Å². The Hall–Kier alpha value is -1.75. The van der Waals surface area contributed by atoms with E-state index in [1.54, 1.807) is 18.4 Å². The van der Waals surface area contributed by atoms with Crippen LogP contribution in [-0.2, 0) is 21.3 Å². The number of thiophene rings is 1. The van der Waals surface area contributed by atoms with E-state index in [1.165, 1.54) is 21.6 Å². The van der Waals surface area contributed by atoms with Crippen LogP contribution in [0.2, 0.25) is 0 Å². The first-order chi connectivity index (χ1) is 15.0. The number of allylic oxidation sites excluding steroid dienone is 1. The molecule has 1 aliphatic heterocycles. The molecule has 0 spiro atoms. The van der Waals surface area contributed by atoms with Gasteiger partial charge in [0.1, 0.15) is 0 Å². The molecule has 1 saturated heterocycles. The summed E-state index contributed by atoms with van der Waals surface area (Å²) in [6, 6.07) is 1.88. The van der Waals surface area contributed by atoms with Crippen LogP contribution in [0.4, 0.5) is 0 Å². The Balaban J connectivity index is 2.42. The van der Waals surface area contributed by atoms with E-state index in [9.17, 15) is 9.00 Å². The van der Waals surface area contributed by atoms with E-state index in [0.29, 0.717) is 24.1 Å². The largest absolute Gasteiger partial charge is 0.403 e. The summed E-state index contributed by atoms with van der Waals surface area (Å²) in [5.74, 6) is 0.173. The minimum atomic E-state index is -3.54. The lowest BCUT2D eigenvalue weighted by Crippen LogP contribution is -2.51. The van der Waals surface area contributed by atoms with E-state index in [-0.39, 0.29) is 12.5 Å². The molecule has 2 rings (SSSR count). The third-order valence-corrected chi connectivity index (χ3v) is 8.74. The van der Waals surface area contributed by atoms with Crippen LogP contribution in [0, 0.1) is 0 Å². The minimum Gasteiger partial charge on any atom is -0.403 e. The van der Waals surface area contributed by atoms with Crippen molar-refractivity contribution in [3.8, 4) is 0 Å². The standard InChI is InChI=1S/C22H38N6O2S2/c1-15(2)20-10-17(22(31-20)16(3)4)11-21(29)26-32(24,30)28(19(12-23)13-25-5)18-8-7-9-27(6)14-18/h10,12-13,15-16,18H,7-9,11,14,23H2,1-6H3,(H2,24,26,29,30). The molecule has 1 aromatic rings. The molecule has 0 aromatic carbocycles. The number of hydrogen-bond acceptors (Lipinski definition) is 6. The summed E-state index contributed by atoms with van der Waals surface area (Å²) in [6.07, 6.45) is 4.60. The number of carbonyl (C=O) groups is 1. The second-order valence-corrected chi connectivity index (χ2v) is 11.7. The molecule has 0 saturated carbocycles. The third kappa shape index (κ3) is 6.63. The molecule has 180 valence electrons. The maximum atomic E-state index is 13.6. The molecule has 1 fully saturated rings. The topological polar surface area (TPSA) is 117 Å². The molecule has 0 bridgehead atoms. The van der Waals surface area contributed by atoms with Crippen molar-refractivity contribution in [2.75, 3.05) is 27.2 Å². The number of likely N-dealkylation sites (N-methyl/N-ethyl adjacent to an activating group) is 1. The van der Waals surface area contributed by atoms with Crippen LogP contribution in [0.15, 0.2) is 27.3 Å². The number of likely N-dealkylation sites (tertiary alicyclic amines) is 1. The van der Waals surface area contributed by atoms with Crippen LogP contribution >= 0.6 is 11.3 Å². The molecule has 0 radical (unpaired) electrons. The number of hydrogen-bond donors (Lipinski definition) is 2. The van der Waals surface area contributed by atoms with E-state index >= 15 is 0 Å². The maximum Gasteiger partial charge on any atom is 0.260 e. The second-order valence-electron chi connectivity index (χ2n) is 8.91. The molecule has 4 N–H and O–H groups in total. The van der Waals surface area contributed by atoms with Crippen molar-refractivity contribution < 1.29 is 9.00 Å². The first-order valence-corrected chi connectivity index (χ1v) is 13.4. The predicted molar refractivity (Wildman–Crippen MR) is 135 cm³/mol. The van der Waals surface area contributed by atoms with Gasteiger partial charge in [-0.2, -0.15) is 0 Å². The summed E-state index contributed by atoms with van der Waals surface area (Å²) < 4.78 is 19.2. The molecular formula is C22H38N6O2S2. The summed E-state index contributed by atoms with van der Waals surface area (Å²) in [6.45, 7) is 10.1. The van der Waals surface area contributed by atoms with E-state index in [2.05, 4.69) is 48.0 Å². The molecule has 8 nitrogen and oxygen atoms in total. The van der Waals surface area contributed by atoms with Gasteiger partial charge in [-0.15, -0.1) is 15.7 Å². The molecular weight excluding hydrogens is 444 g/mol. The number of piperidine rings is 1. The molecule has 1 aromatic heterocycles. The van der Waals surface area contributed by atoms with Crippen LogP contribution in [-0.4, -0.2) is 58.8 Å². The highest BCUT2D eigenvalue weighted by Crippen LogP contribution is 2.34. The maximum absolute atomic E-state index is 13.6. The Morgan fingerprint density at radius 1 is 1.38 bits per heavy atom. The zero-order chi connectivity index (χ0) is 24.1. The van der Waals surface area contributed by atoms with Gasteiger partial charge in [-0.25, -0.2) is 9.35 Å². The summed E-state index contributed by atoms with van der Waals surface area (Å²) in [5, 5.41) is 6.24. The summed E-state index contributed by atoms with van der Waals surface area (Å²) >= 11 is 1.72. The molecule has 2 atom stereocenters. The quantitative estimate of drug-likeness (QED) is 0.553.